The van der Waals surface area contributed by atoms with E-state index in [0.717, 1.165) is 18.4 Å². The predicted octanol–water partition coefficient (Wildman–Crippen LogP) is 2.95. The normalized spacial score (nSPS) is 27.9. The van der Waals surface area contributed by atoms with E-state index >= 15 is 0 Å². The largest absolute Gasteiger partial charge is 0.491 e. The van der Waals surface area contributed by atoms with Gasteiger partial charge >= 0.3 is 5.97 Å². The van der Waals surface area contributed by atoms with Gasteiger partial charge in [-0.05, 0) is 42.9 Å². The van der Waals surface area contributed by atoms with Gasteiger partial charge in [0.15, 0.2) is 0 Å². The Balaban J connectivity index is 1.52. The molecule has 2 aliphatic rings. The van der Waals surface area contributed by atoms with Crippen LogP contribution in [0.5, 0.6) is 5.75 Å². The molecular weight excluding hydrogens is 372 g/mol. The highest BCUT2D eigenvalue weighted by Crippen LogP contribution is 2.40. The Morgan fingerprint density at radius 3 is 2.86 bits per heavy atom. The zero-order valence-electron chi connectivity index (χ0n) is 16.5. The maximum absolute atomic E-state index is 10.7. The Morgan fingerprint density at radius 2 is 2.10 bits per heavy atom. The third-order valence-electron chi connectivity index (χ3n) is 5.66. The summed E-state index contributed by atoms with van der Waals surface area (Å²) in [7, 11) is 0. The van der Waals surface area contributed by atoms with E-state index in [2.05, 4.69) is 6.08 Å². The molecule has 0 aromatic heterocycles. The molecule has 0 amide bonds. The molecule has 0 radical (unpaired) electrons. The number of hydrogen-bond donors (Lipinski definition) is 3. The number of fused-ring (bicyclic) bond motifs is 1. The van der Waals surface area contributed by atoms with E-state index in [1.807, 2.05) is 36.4 Å². The minimum absolute atomic E-state index is 0.0226. The minimum atomic E-state index is -0.778. The van der Waals surface area contributed by atoms with Crippen molar-refractivity contribution in [1.82, 2.24) is 0 Å². The number of carboxylic acids is 1. The maximum Gasteiger partial charge on any atom is 0.303 e. The monoisotopic (exact) mass is 402 g/mol. The summed E-state index contributed by atoms with van der Waals surface area (Å²) < 4.78 is 11.6. The van der Waals surface area contributed by atoms with Gasteiger partial charge in [0.05, 0.1) is 18.8 Å². The molecule has 0 saturated heterocycles. The number of aliphatic carboxylic acids is 1. The molecule has 1 heterocycles. The van der Waals surface area contributed by atoms with Crippen molar-refractivity contribution in [2.45, 2.75) is 50.4 Å². The van der Waals surface area contributed by atoms with Crippen molar-refractivity contribution in [3.8, 4) is 5.75 Å². The van der Waals surface area contributed by atoms with E-state index in [1.165, 1.54) is 0 Å². The summed E-state index contributed by atoms with van der Waals surface area (Å²) in [6.45, 7) is 0.652. The van der Waals surface area contributed by atoms with Crippen LogP contribution in [-0.2, 0) is 9.53 Å². The topological polar surface area (TPSA) is 96.2 Å². The second-order valence-electron chi connectivity index (χ2n) is 7.82. The number of aliphatic hydroxyl groups is 2. The molecule has 5 atom stereocenters. The highest BCUT2D eigenvalue weighted by Gasteiger charge is 2.42. The number of carboxylic acid groups (broad SMARTS) is 1. The van der Waals surface area contributed by atoms with E-state index < -0.39 is 18.2 Å². The lowest BCUT2D eigenvalue weighted by Gasteiger charge is -2.20. The Bertz CT molecular complexity index is 713. The van der Waals surface area contributed by atoms with Gasteiger partial charge in [0, 0.05) is 18.8 Å². The van der Waals surface area contributed by atoms with Crippen LogP contribution in [0.15, 0.2) is 54.1 Å². The second kappa shape index (κ2) is 10.6. The SMILES string of the molecule is O=C(O)CCCC1=CC[C@@H]2[C@@H](C=C[C@@H](O)COc3ccccc3)[C@H](O)C[C@H]2OC1. The molecule has 3 N–H and O–H groups in total. The Morgan fingerprint density at radius 1 is 1.31 bits per heavy atom. The predicted molar refractivity (Wildman–Crippen MR) is 109 cm³/mol. The van der Waals surface area contributed by atoms with Gasteiger partial charge in [-0.25, -0.2) is 0 Å². The third-order valence-corrected chi connectivity index (χ3v) is 5.66. The van der Waals surface area contributed by atoms with Crippen LogP contribution in [0.25, 0.3) is 0 Å². The Kier molecular flexibility index (Phi) is 7.86. The first kappa shape index (κ1) is 21.6. The zero-order valence-corrected chi connectivity index (χ0v) is 16.5. The fraction of sp³-hybridized carbons (Fsp3) is 0.522. The number of ether oxygens (including phenoxy) is 2. The number of hydrogen-bond acceptors (Lipinski definition) is 5. The fourth-order valence-electron chi connectivity index (χ4n) is 4.10. The molecule has 1 aromatic rings. The summed E-state index contributed by atoms with van der Waals surface area (Å²) in [5.74, 6) is 0.000225. The molecule has 3 rings (SSSR count). The average Bonchev–Trinajstić information content (AvgIpc) is 2.87. The summed E-state index contributed by atoms with van der Waals surface area (Å²) >= 11 is 0. The van der Waals surface area contributed by atoms with E-state index in [0.29, 0.717) is 25.2 Å². The molecule has 0 bridgehead atoms. The van der Waals surface area contributed by atoms with Crippen LogP contribution in [0.2, 0.25) is 0 Å². The first-order valence-electron chi connectivity index (χ1n) is 10.3. The van der Waals surface area contributed by atoms with Crippen LogP contribution in [0.3, 0.4) is 0 Å². The van der Waals surface area contributed by atoms with E-state index in [9.17, 15) is 15.0 Å². The molecule has 1 aliphatic carbocycles. The smallest absolute Gasteiger partial charge is 0.303 e. The zero-order chi connectivity index (χ0) is 20.6. The van der Waals surface area contributed by atoms with Gasteiger partial charge in [0.1, 0.15) is 18.5 Å². The third kappa shape index (κ3) is 6.42. The number of carbonyl (C=O) groups is 1. The highest BCUT2D eigenvalue weighted by molar-refractivity contribution is 5.66. The van der Waals surface area contributed by atoms with Gasteiger partial charge in [0.25, 0.3) is 0 Å². The van der Waals surface area contributed by atoms with Crippen LogP contribution in [0.4, 0.5) is 0 Å². The summed E-state index contributed by atoms with van der Waals surface area (Å²) in [5.41, 5.74) is 1.13. The van der Waals surface area contributed by atoms with E-state index in [1.54, 1.807) is 6.08 Å². The van der Waals surface area contributed by atoms with Gasteiger partial charge in [-0.15, -0.1) is 0 Å². The molecule has 29 heavy (non-hydrogen) atoms. The van der Waals surface area contributed by atoms with Crippen LogP contribution < -0.4 is 4.74 Å². The number of allylic oxidation sites excluding steroid dienone is 1. The van der Waals surface area contributed by atoms with Gasteiger partial charge in [-0.1, -0.05) is 36.4 Å². The number of benzene rings is 1. The number of para-hydroxylation sites is 1. The number of rotatable bonds is 9. The standard InChI is InChI=1S/C23H30O6/c24-17(15-28-18-6-2-1-3-7-18)10-12-19-20-11-9-16(5-4-8-23(26)27)14-29-22(20)13-21(19)25/h1-3,6-7,9-10,12,17,19-22,24-25H,4-5,8,11,13-15H2,(H,26,27)/t17-,19-,20-,21-,22-/m1/s1. The van der Waals surface area contributed by atoms with Gasteiger partial charge in [0.2, 0.25) is 0 Å². The maximum atomic E-state index is 10.7. The summed E-state index contributed by atoms with van der Waals surface area (Å²) in [5, 5.41) is 29.5. The lowest BCUT2D eigenvalue weighted by atomic mass is 9.89. The van der Waals surface area contributed by atoms with Crippen molar-refractivity contribution in [3.63, 3.8) is 0 Å². The van der Waals surface area contributed by atoms with Crippen molar-refractivity contribution in [1.29, 1.82) is 0 Å². The summed E-state index contributed by atoms with van der Waals surface area (Å²) in [6, 6.07) is 9.34. The lowest BCUT2D eigenvalue weighted by molar-refractivity contribution is -0.137. The highest BCUT2D eigenvalue weighted by atomic mass is 16.5. The lowest BCUT2D eigenvalue weighted by Crippen LogP contribution is -2.22. The molecule has 1 aliphatic heterocycles. The first-order valence-corrected chi connectivity index (χ1v) is 10.3. The molecule has 6 heteroatoms. The Labute approximate surface area is 171 Å². The van der Waals surface area contributed by atoms with Crippen LogP contribution in [0.1, 0.15) is 32.1 Å². The van der Waals surface area contributed by atoms with Crippen molar-refractivity contribution >= 4 is 5.97 Å². The Hall–Kier alpha value is -2.15. The molecule has 0 unspecified atom stereocenters. The van der Waals surface area contributed by atoms with Crippen LogP contribution >= 0.6 is 0 Å². The van der Waals surface area contributed by atoms with E-state index in [4.69, 9.17) is 14.6 Å². The quantitative estimate of drug-likeness (QED) is 0.550. The van der Waals surface area contributed by atoms with Crippen LogP contribution in [0, 0.1) is 11.8 Å². The van der Waals surface area contributed by atoms with Crippen molar-refractivity contribution in [3.05, 3.63) is 54.1 Å². The molecule has 158 valence electrons. The molecule has 1 saturated carbocycles. The average molecular weight is 402 g/mol. The molecule has 1 fully saturated rings. The van der Waals surface area contributed by atoms with Gasteiger partial charge in [-0.2, -0.15) is 0 Å². The van der Waals surface area contributed by atoms with Gasteiger partial charge < -0.3 is 24.8 Å². The molecule has 0 spiro atoms. The summed E-state index contributed by atoms with van der Waals surface area (Å²) in [6.07, 6.45) is 7.32. The first-order chi connectivity index (χ1) is 14.0. The minimum Gasteiger partial charge on any atom is -0.491 e. The van der Waals surface area contributed by atoms with E-state index in [-0.39, 0.29) is 31.0 Å². The van der Waals surface area contributed by atoms with Crippen molar-refractivity contribution < 1.29 is 29.6 Å². The molecule has 1 aromatic carbocycles. The molecular formula is C23H30O6. The number of aliphatic hydroxyl groups excluding tert-OH is 2. The molecule has 6 nitrogen and oxygen atoms in total. The fourth-order valence-corrected chi connectivity index (χ4v) is 4.10. The summed E-state index contributed by atoms with van der Waals surface area (Å²) in [4.78, 5) is 10.7. The van der Waals surface area contributed by atoms with Crippen LogP contribution in [-0.4, -0.2) is 52.8 Å². The van der Waals surface area contributed by atoms with Crippen molar-refractivity contribution in [2.24, 2.45) is 11.8 Å². The van der Waals surface area contributed by atoms with Crippen molar-refractivity contribution in [2.75, 3.05) is 13.2 Å². The second-order valence-corrected chi connectivity index (χ2v) is 7.82. The van der Waals surface area contributed by atoms with Gasteiger partial charge in [-0.3, -0.25) is 4.79 Å².